The van der Waals surface area contributed by atoms with E-state index < -0.39 is 0 Å². The van der Waals surface area contributed by atoms with Gasteiger partial charge in [-0.2, -0.15) is 12.1 Å². The van der Waals surface area contributed by atoms with Gasteiger partial charge in [0.2, 0.25) is 0 Å². The van der Waals surface area contributed by atoms with E-state index in [4.69, 9.17) is 0 Å². The van der Waals surface area contributed by atoms with Crippen LogP contribution in [-0.2, 0) is 21.7 Å². The normalized spacial score (nSPS) is 9.00. The van der Waals surface area contributed by atoms with E-state index in [9.17, 15) is 0 Å². The topological polar surface area (TPSA) is 3.24 Å². The molecule has 1 nitrogen and oxygen atoms in total. The molecule has 83 valence electrons. The first-order valence-corrected chi connectivity index (χ1v) is 4.19. The summed E-state index contributed by atoms with van der Waals surface area (Å²) in [6, 6.07) is 8.26. The van der Waals surface area contributed by atoms with Gasteiger partial charge in [0.25, 0.3) is 0 Å². The number of hydrogen-bond acceptors (Lipinski definition) is 1. The third-order valence-electron chi connectivity index (χ3n) is 1.83. The second-order valence-electron chi connectivity index (χ2n) is 3.87. The van der Waals surface area contributed by atoms with Gasteiger partial charge in [-0.05, 0) is 27.0 Å². The van der Waals surface area contributed by atoms with Crippen molar-refractivity contribution in [3.8, 4) is 0 Å². The predicted molar refractivity (Wildman–Crippen MR) is 54.5 cm³/mol. The molecule has 1 radical (unpaired) electrons. The van der Waals surface area contributed by atoms with Crippen LogP contribution in [0.1, 0.15) is 20.8 Å². The summed E-state index contributed by atoms with van der Waals surface area (Å²) >= 11 is 0. The van der Waals surface area contributed by atoms with Gasteiger partial charge in [-0.3, -0.25) is 0 Å². The molecule has 4 heteroatoms. The number of anilines is 1. The van der Waals surface area contributed by atoms with Gasteiger partial charge in [-0.1, -0.05) is 12.3 Å². The first-order valence-electron chi connectivity index (χ1n) is 4.19. The molecule has 1 aromatic carbocycles. The maximum atomic E-state index is 3.81. The summed E-state index contributed by atoms with van der Waals surface area (Å²) < 4.78 is 0. The Labute approximate surface area is 120 Å². The Morgan fingerprint density at radius 1 is 1.33 bits per heavy atom. The van der Waals surface area contributed by atoms with E-state index >= 15 is 0 Å². The van der Waals surface area contributed by atoms with Crippen LogP contribution in [0.5, 0.6) is 0 Å². The monoisotopic (exact) mass is 280 g/mol. The summed E-state index contributed by atoms with van der Waals surface area (Å²) in [7, 11) is 0. The van der Waals surface area contributed by atoms with Crippen LogP contribution < -0.4 is 29.7 Å². The SMILES string of the molecule is C=CN(c1ccc[cH-]1)C(C)(C)C.[Cl-].[Cl-].[Ti+3]. The smallest absolute Gasteiger partial charge is 1.00 e. The molecule has 0 aliphatic carbocycles. The Morgan fingerprint density at radius 2 is 1.87 bits per heavy atom. The maximum absolute atomic E-state index is 3.81. The molecule has 0 aromatic heterocycles. The Kier molecular flexibility index (Phi) is 11.5. The molecule has 0 aliphatic rings. The molecule has 0 N–H and O–H groups in total. The van der Waals surface area contributed by atoms with Crippen molar-refractivity contribution in [2.24, 2.45) is 0 Å². The number of rotatable bonds is 2. The van der Waals surface area contributed by atoms with Gasteiger partial charge in [0.1, 0.15) is 0 Å². The van der Waals surface area contributed by atoms with E-state index in [1.807, 2.05) is 18.3 Å². The standard InChI is InChI=1S/C11H16N.2ClH.Ti/c1-5-12(11(2,3)4)10-8-6-7-9-10;;;/h5-9H,1H2,2-4H3;2*1H;/q-1;;;+3/p-2. The Morgan fingerprint density at radius 3 is 2.13 bits per heavy atom. The molecule has 0 unspecified atom stereocenters. The van der Waals surface area contributed by atoms with Crippen LogP contribution in [0.25, 0.3) is 0 Å². The largest absolute Gasteiger partial charge is 3.00 e. The van der Waals surface area contributed by atoms with Crippen LogP contribution >= 0.6 is 0 Å². The second-order valence-corrected chi connectivity index (χ2v) is 3.87. The fourth-order valence-corrected chi connectivity index (χ4v) is 1.29. The fraction of sp³-hybridized carbons (Fsp3) is 0.364. The minimum atomic E-state index is 0. The summed E-state index contributed by atoms with van der Waals surface area (Å²) in [5, 5.41) is 0. The Bertz CT molecular complexity index is 252. The van der Waals surface area contributed by atoms with E-state index in [2.05, 4.69) is 44.4 Å². The molecule has 1 aromatic rings. The average molecular weight is 281 g/mol. The van der Waals surface area contributed by atoms with Crippen molar-refractivity contribution >= 4 is 5.69 Å². The van der Waals surface area contributed by atoms with Crippen molar-refractivity contribution in [1.82, 2.24) is 0 Å². The number of nitrogens with zero attached hydrogens (tertiary/aromatic N) is 1. The molecule has 0 heterocycles. The van der Waals surface area contributed by atoms with Crippen molar-refractivity contribution in [1.29, 1.82) is 0 Å². The Hall–Kier alpha value is 0.184. The second kappa shape index (κ2) is 8.35. The van der Waals surface area contributed by atoms with Gasteiger partial charge in [0, 0.05) is 5.54 Å². The van der Waals surface area contributed by atoms with E-state index in [1.165, 1.54) is 5.69 Å². The molecule has 15 heavy (non-hydrogen) atoms. The van der Waals surface area contributed by atoms with E-state index in [0.29, 0.717) is 0 Å². The zero-order valence-electron chi connectivity index (χ0n) is 9.30. The van der Waals surface area contributed by atoms with Crippen LogP contribution in [0.2, 0.25) is 0 Å². The minimum Gasteiger partial charge on any atom is -1.00 e. The molecular weight excluding hydrogens is 265 g/mol. The third-order valence-corrected chi connectivity index (χ3v) is 1.83. The van der Waals surface area contributed by atoms with Crippen molar-refractivity contribution in [2.45, 2.75) is 26.3 Å². The van der Waals surface area contributed by atoms with Gasteiger partial charge >= 0.3 is 21.7 Å². The summed E-state index contributed by atoms with van der Waals surface area (Å²) in [4.78, 5) is 2.16. The zero-order valence-corrected chi connectivity index (χ0v) is 12.4. The molecule has 0 fully saturated rings. The summed E-state index contributed by atoms with van der Waals surface area (Å²) in [6.07, 6.45) is 1.87. The summed E-state index contributed by atoms with van der Waals surface area (Å²) in [6.45, 7) is 10.3. The fourth-order valence-electron chi connectivity index (χ4n) is 1.29. The molecule has 0 atom stereocenters. The van der Waals surface area contributed by atoms with Crippen LogP contribution in [0.3, 0.4) is 0 Å². The summed E-state index contributed by atoms with van der Waals surface area (Å²) in [5.74, 6) is 0. The van der Waals surface area contributed by atoms with Crippen molar-refractivity contribution in [3.05, 3.63) is 37.0 Å². The van der Waals surface area contributed by atoms with E-state index in [1.54, 1.807) is 0 Å². The maximum Gasteiger partial charge on any atom is 3.00 e. The summed E-state index contributed by atoms with van der Waals surface area (Å²) in [5.41, 5.74) is 1.31. The molecule has 0 spiro atoms. The minimum absolute atomic E-state index is 0. The average Bonchev–Trinajstić information content (AvgIpc) is 2.38. The number of hydrogen-bond donors (Lipinski definition) is 0. The van der Waals surface area contributed by atoms with Crippen LogP contribution in [0.15, 0.2) is 37.0 Å². The van der Waals surface area contributed by atoms with Crippen molar-refractivity contribution < 1.29 is 46.5 Å². The van der Waals surface area contributed by atoms with Gasteiger partial charge < -0.3 is 29.7 Å². The quantitative estimate of drug-likeness (QED) is 0.417. The molecule has 1 rings (SSSR count). The predicted octanol–water partition coefficient (Wildman–Crippen LogP) is -2.84. The van der Waals surface area contributed by atoms with E-state index in [0.717, 1.165) is 0 Å². The molecule has 0 saturated carbocycles. The molecule has 0 bridgehead atoms. The van der Waals surface area contributed by atoms with Gasteiger partial charge in [-0.15, -0.1) is 6.07 Å². The van der Waals surface area contributed by atoms with E-state index in [-0.39, 0.29) is 52.1 Å². The molecule has 0 amide bonds. The van der Waals surface area contributed by atoms with Gasteiger partial charge in [0.05, 0.1) is 0 Å². The van der Waals surface area contributed by atoms with Crippen LogP contribution in [-0.4, -0.2) is 5.54 Å². The first-order chi connectivity index (χ1) is 5.55. The third kappa shape index (κ3) is 5.72. The Balaban J connectivity index is -0.000000480. The molecular formula is C11H16Cl2NTi. The number of halogens is 2. The first kappa shape index (κ1) is 20.6. The van der Waals surface area contributed by atoms with Crippen molar-refractivity contribution in [2.75, 3.05) is 4.90 Å². The molecule has 0 aliphatic heterocycles. The van der Waals surface area contributed by atoms with Crippen LogP contribution in [0, 0.1) is 0 Å². The van der Waals surface area contributed by atoms with Gasteiger partial charge in [0.15, 0.2) is 0 Å². The molecule has 0 saturated heterocycles. The van der Waals surface area contributed by atoms with Crippen molar-refractivity contribution in [3.63, 3.8) is 0 Å². The van der Waals surface area contributed by atoms with Gasteiger partial charge in [-0.25, -0.2) is 6.07 Å². The zero-order chi connectivity index (χ0) is 9.19. The van der Waals surface area contributed by atoms with Crippen LogP contribution in [0.4, 0.5) is 5.69 Å².